The van der Waals surface area contributed by atoms with Crippen molar-refractivity contribution in [3.63, 3.8) is 0 Å². The number of rotatable bonds is 4. The number of nitrogens with one attached hydrogen (secondary N) is 1. The summed E-state index contributed by atoms with van der Waals surface area (Å²) in [4.78, 5) is 0. The van der Waals surface area contributed by atoms with E-state index in [1.54, 1.807) is 6.07 Å². The van der Waals surface area contributed by atoms with Gasteiger partial charge in [0.2, 0.25) is 0 Å². The van der Waals surface area contributed by atoms with E-state index in [4.69, 9.17) is 23.2 Å². The van der Waals surface area contributed by atoms with Gasteiger partial charge in [-0.25, -0.2) is 0 Å². The third-order valence-corrected chi connectivity index (χ3v) is 2.87. The van der Waals surface area contributed by atoms with Crippen molar-refractivity contribution in [2.75, 3.05) is 0 Å². The fourth-order valence-corrected chi connectivity index (χ4v) is 1.72. The van der Waals surface area contributed by atoms with E-state index in [0.29, 0.717) is 22.6 Å². The van der Waals surface area contributed by atoms with Crippen molar-refractivity contribution in [1.29, 1.82) is 0 Å². The van der Waals surface area contributed by atoms with E-state index in [2.05, 4.69) is 19.2 Å². The van der Waals surface area contributed by atoms with Crippen LogP contribution in [-0.4, -0.2) is 11.1 Å². The Morgan fingerprint density at radius 3 is 2.67 bits per heavy atom. The third-order valence-electron chi connectivity index (χ3n) is 2.36. The van der Waals surface area contributed by atoms with Gasteiger partial charge in [0.05, 0.1) is 5.02 Å². The average Bonchev–Trinajstić information content (AvgIpc) is 2.20. The number of aromatic hydroxyl groups is 1. The Hall–Kier alpha value is -0.440. The van der Waals surface area contributed by atoms with E-state index < -0.39 is 0 Å². The highest BCUT2D eigenvalue weighted by atomic mass is 35.5. The first kappa shape index (κ1) is 12.6. The van der Waals surface area contributed by atoms with Gasteiger partial charge in [0, 0.05) is 23.2 Å². The highest BCUT2D eigenvalue weighted by Gasteiger charge is 2.08. The fourth-order valence-electron chi connectivity index (χ4n) is 1.18. The molecule has 0 fully saturated rings. The third kappa shape index (κ3) is 3.56. The van der Waals surface area contributed by atoms with Crippen LogP contribution in [0.3, 0.4) is 0 Å². The molecule has 0 spiro atoms. The van der Waals surface area contributed by atoms with Crippen molar-refractivity contribution in [2.45, 2.75) is 32.9 Å². The minimum atomic E-state index is 0.108. The second kappa shape index (κ2) is 5.59. The van der Waals surface area contributed by atoms with Crippen LogP contribution in [0.25, 0.3) is 0 Å². The van der Waals surface area contributed by atoms with E-state index in [0.717, 1.165) is 12.0 Å². The van der Waals surface area contributed by atoms with E-state index in [9.17, 15) is 5.11 Å². The Labute approximate surface area is 100 Å². The second-order valence-electron chi connectivity index (χ2n) is 3.59. The summed E-state index contributed by atoms with van der Waals surface area (Å²) in [6.45, 7) is 4.76. The number of benzene rings is 1. The van der Waals surface area contributed by atoms with Gasteiger partial charge in [-0.15, -0.1) is 0 Å². The first-order valence-electron chi connectivity index (χ1n) is 4.94. The van der Waals surface area contributed by atoms with Gasteiger partial charge in [0.1, 0.15) is 5.75 Å². The molecule has 0 heterocycles. The van der Waals surface area contributed by atoms with Gasteiger partial charge in [-0.3, -0.25) is 0 Å². The molecule has 0 amide bonds. The first-order valence-corrected chi connectivity index (χ1v) is 5.70. The SMILES string of the molecule is CCC(C)NCc1cc(Cl)cc(Cl)c1O. The lowest BCUT2D eigenvalue weighted by Crippen LogP contribution is -2.24. The molecule has 0 aromatic heterocycles. The summed E-state index contributed by atoms with van der Waals surface area (Å²) < 4.78 is 0. The standard InChI is InChI=1S/C11H15Cl2NO/c1-3-7(2)14-6-8-4-9(12)5-10(13)11(8)15/h4-5,7,14-15H,3,6H2,1-2H3. The molecule has 15 heavy (non-hydrogen) atoms. The van der Waals surface area contributed by atoms with E-state index >= 15 is 0 Å². The molecular weight excluding hydrogens is 233 g/mol. The van der Waals surface area contributed by atoms with Crippen LogP contribution < -0.4 is 5.32 Å². The minimum absolute atomic E-state index is 0.108. The summed E-state index contributed by atoms with van der Waals surface area (Å²) in [6.07, 6.45) is 1.04. The smallest absolute Gasteiger partial charge is 0.138 e. The largest absolute Gasteiger partial charge is 0.506 e. The maximum Gasteiger partial charge on any atom is 0.138 e. The molecule has 2 nitrogen and oxygen atoms in total. The zero-order chi connectivity index (χ0) is 11.4. The fraction of sp³-hybridized carbons (Fsp3) is 0.455. The van der Waals surface area contributed by atoms with Crippen LogP contribution in [0.4, 0.5) is 0 Å². The zero-order valence-corrected chi connectivity index (χ0v) is 10.4. The highest BCUT2D eigenvalue weighted by Crippen LogP contribution is 2.30. The Kier molecular flexibility index (Phi) is 4.71. The van der Waals surface area contributed by atoms with E-state index in [-0.39, 0.29) is 5.75 Å². The van der Waals surface area contributed by atoms with Crippen LogP contribution in [0.2, 0.25) is 10.0 Å². The van der Waals surface area contributed by atoms with Crippen molar-refractivity contribution in [3.05, 3.63) is 27.7 Å². The number of hydrogen-bond acceptors (Lipinski definition) is 2. The van der Waals surface area contributed by atoms with Crippen LogP contribution in [0, 0.1) is 0 Å². The van der Waals surface area contributed by atoms with E-state index in [1.165, 1.54) is 6.07 Å². The predicted octanol–water partition coefficient (Wildman–Crippen LogP) is 3.59. The quantitative estimate of drug-likeness (QED) is 0.853. The first-order chi connectivity index (χ1) is 7.04. The van der Waals surface area contributed by atoms with Crippen molar-refractivity contribution in [1.82, 2.24) is 5.32 Å². The molecular formula is C11H15Cl2NO. The van der Waals surface area contributed by atoms with Crippen LogP contribution >= 0.6 is 23.2 Å². The minimum Gasteiger partial charge on any atom is -0.506 e. The van der Waals surface area contributed by atoms with Crippen LogP contribution in [0.1, 0.15) is 25.8 Å². The van der Waals surface area contributed by atoms with Gasteiger partial charge < -0.3 is 10.4 Å². The van der Waals surface area contributed by atoms with Crippen molar-refractivity contribution in [2.24, 2.45) is 0 Å². The summed E-state index contributed by atoms with van der Waals surface area (Å²) in [5.74, 6) is 0.108. The predicted molar refractivity (Wildman–Crippen MR) is 64.7 cm³/mol. The summed E-state index contributed by atoms with van der Waals surface area (Å²) in [5, 5.41) is 13.8. The molecule has 0 aliphatic heterocycles. The second-order valence-corrected chi connectivity index (χ2v) is 4.43. The number of hydrogen-bond donors (Lipinski definition) is 2. The van der Waals surface area contributed by atoms with Crippen LogP contribution in [-0.2, 0) is 6.54 Å². The molecule has 2 N–H and O–H groups in total. The summed E-state index contributed by atoms with van der Waals surface area (Å²) in [7, 11) is 0. The molecule has 0 aliphatic carbocycles. The lowest BCUT2D eigenvalue weighted by atomic mass is 10.2. The molecule has 1 atom stereocenters. The molecule has 1 unspecified atom stereocenters. The molecule has 0 saturated carbocycles. The Balaban J connectivity index is 2.76. The van der Waals surface area contributed by atoms with Crippen molar-refractivity contribution < 1.29 is 5.11 Å². The van der Waals surface area contributed by atoms with Crippen molar-refractivity contribution in [3.8, 4) is 5.75 Å². The van der Waals surface area contributed by atoms with Gasteiger partial charge in [-0.05, 0) is 25.5 Å². The molecule has 84 valence electrons. The lowest BCUT2D eigenvalue weighted by Gasteiger charge is -2.13. The Morgan fingerprint density at radius 2 is 2.07 bits per heavy atom. The maximum atomic E-state index is 9.68. The van der Waals surface area contributed by atoms with Gasteiger partial charge in [0.15, 0.2) is 0 Å². The molecule has 1 rings (SSSR count). The molecule has 4 heteroatoms. The Morgan fingerprint density at radius 1 is 1.40 bits per heavy atom. The molecule has 1 aromatic rings. The van der Waals surface area contributed by atoms with Gasteiger partial charge in [-0.1, -0.05) is 30.1 Å². The lowest BCUT2D eigenvalue weighted by molar-refractivity contribution is 0.458. The Bertz CT molecular complexity index is 342. The van der Waals surface area contributed by atoms with Gasteiger partial charge in [-0.2, -0.15) is 0 Å². The summed E-state index contributed by atoms with van der Waals surface area (Å²) in [5.41, 5.74) is 0.729. The van der Waals surface area contributed by atoms with Gasteiger partial charge in [0.25, 0.3) is 0 Å². The van der Waals surface area contributed by atoms with Crippen LogP contribution in [0.5, 0.6) is 5.75 Å². The maximum absolute atomic E-state index is 9.68. The highest BCUT2D eigenvalue weighted by molar-refractivity contribution is 6.35. The van der Waals surface area contributed by atoms with E-state index in [1.807, 2.05) is 0 Å². The molecule has 0 saturated heterocycles. The number of phenolic OH excluding ortho intramolecular Hbond substituents is 1. The molecule has 0 bridgehead atoms. The monoisotopic (exact) mass is 247 g/mol. The molecule has 0 aliphatic rings. The summed E-state index contributed by atoms with van der Waals surface area (Å²) in [6, 6.07) is 3.66. The normalized spacial score (nSPS) is 12.8. The average molecular weight is 248 g/mol. The van der Waals surface area contributed by atoms with Crippen molar-refractivity contribution >= 4 is 23.2 Å². The van der Waals surface area contributed by atoms with Gasteiger partial charge >= 0.3 is 0 Å². The number of halogens is 2. The molecule has 1 aromatic carbocycles. The van der Waals surface area contributed by atoms with Crippen LogP contribution in [0.15, 0.2) is 12.1 Å². The molecule has 0 radical (unpaired) electrons. The zero-order valence-electron chi connectivity index (χ0n) is 8.85. The topological polar surface area (TPSA) is 32.3 Å². The number of phenols is 1. The summed E-state index contributed by atoms with van der Waals surface area (Å²) >= 11 is 11.7.